The van der Waals surface area contributed by atoms with Crippen LogP contribution in [0.15, 0.2) is 76.5 Å². The molecule has 1 amide bonds. The molecule has 0 fully saturated rings. The van der Waals surface area contributed by atoms with Gasteiger partial charge in [-0.15, -0.1) is 11.8 Å². The number of carbonyl (C=O) groups is 1. The summed E-state index contributed by atoms with van der Waals surface area (Å²) in [4.78, 5) is 13.1. The molecule has 0 atom stereocenters. The van der Waals surface area contributed by atoms with E-state index in [1.165, 1.54) is 37.1 Å². The first-order chi connectivity index (χ1) is 15.3. The highest BCUT2D eigenvalue weighted by molar-refractivity contribution is 7.98. The van der Waals surface area contributed by atoms with Crippen molar-refractivity contribution in [2.75, 3.05) is 30.0 Å². The third-order valence-electron chi connectivity index (χ3n) is 4.30. The van der Waals surface area contributed by atoms with E-state index in [0.29, 0.717) is 17.1 Å². The van der Waals surface area contributed by atoms with Crippen LogP contribution in [0.3, 0.4) is 0 Å². The van der Waals surface area contributed by atoms with Crippen molar-refractivity contribution >= 4 is 50.7 Å². The quantitative estimate of drug-likeness (QED) is 0.413. The van der Waals surface area contributed by atoms with Crippen LogP contribution in [-0.2, 0) is 14.8 Å². The molecule has 0 saturated heterocycles. The van der Waals surface area contributed by atoms with E-state index in [4.69, 9.17) is 21.1 Å². The number of benzene rings is 3. The SMILES string of the molecule is COc1ccc(NS(=O)(=O)c2ccc(OCC(=O)Nc3ccccc3SC)c(Cl)c2)cc1. The van der Waals surface area contributed by atoms with Crippen LogP contribution < -0.4 is 19.5 Å². The summed E-state index contributed by atoms with van der Waals surface area (Å²) in [6, 6.07) is 17.9. The minimum Gasteiger partial charge on any atom is -0.497 e. The molecule has 0 unspecified atom stereocenters. The zero-order valence-corrected chi connectivity index (χ0v) is 19.7. The summed E-state index contributed by atoms with van der Waals surface area (Å²) < 4.78 is 38.3. The number of sulfonamides is 1. The zero-order chi connectivity index (χ0) is 23.1. The standard InChI is InChI=1S/C22H21ClN2O5S2/c1-29-16-9-7-15(8-10-16)25-32(27,28)17-11-12-20(18(23)13-17)30-14-22(26)24-19-5-3-4-6-21(19)31-2/h3-13,25H,14H2,1-2H3,(H,24,26). The second kappa shape index (κ2) is 10.6. The first-order valence-electron chi connectivity index (χ1n) is 9.34. The smallest absolute Gasteiger partial charge is 0.262 e. The van der Waals surface area contributed by atoms with Crippen molar-refractivity contribution in [2.45, 2.75) is 9.79 Å². The molecule has 3 rings (SSSR count). The van der Waals surface area contributed by atoms with E-state index >= 15 is 0 Å². The largest absolute Gasteiger partial charge is 0.497 e. The van der Waals surface area contributed by atoms with Crippen molar-refractivity contribution < 1.29 is 22.7 Å². The number of halogens is 1. The Morgan fingerprint density at radius 3 is 2.44 bits per heavy atom. The lowest BCUT2D eigenvalue weighted by molar-refractivity contribution is -0.118. The minimum absolute atomic E-state index is 0.0379. The average Bonchev–Trinajstić information content (AvgIpc) is 2.79. The molecule has 0 radical (unpaired) electrons. The lowest BCUT2D eigenvalue weighted by Gasteiger charge is -2.12. The van der Waals surface area contributed by atoms with Gasteiger partial charge in [0.05, 0.1) is 22.7 Å². The summed E-state index contributed by atoms with van der Waals surface area (Å²) in [5.41, 5.74) is 1.06. The number of hydrogen-bond donors (Lipinski definition) is 2. The number of hydrogen-bond acceptors (Lipinski definition) is 6. The minimum atomic E-state index is -3.86. The van der Waals surface area contributed by atoms with Gasteiger partial charge in [0.2, 0.25) is 0 Å². The number of thioether (sulfide) groups is 1. The Morgan fingerprint density at radius 1 is 1.06 bits per heavy atom. The van der Waals surface area contributed by atoms with E-state index in [0.717, 1.165) is 4.90 Å². The number of amides is 1. The van der Waals surface area contributed by atoms with E-state index in [2.05, 4.69) is 10.0 Å². The van der Waals surface area contributed by atoms with Gasteiger partial charge in [0.25, 0.3) is 15.9 Å². The first kappa shape index (κ1) is 23.8. The maximum atomic E-state index is 12.6. The Hall–Kier alpha value is -2.88. The molecule has 0 aliphatic heterocycles. The Morgan fingerprint density at radius 2 is 1.78 bits per heavy atom. The Balaban J connectivity index is 1.64. The molecule has 0 aromatic heterocycles. The Labute approximate surface area is 196 Å². The van der Waals surface area contributed by atoms with Crippen molar-refractivity contribution in [1.29, 1.82) is 0 Å². The van der Waals surface area contributed by atoms with Crippen LogP contribution in [0.4, 0.5) is 11.4 Å². The number of methoxy groups -OCH3 is 1. The molecule has 3 aromatic rings. The topological polar surface area (TPSA) is 93.7 Å². The number of rotatable bonds is 9. The molecule has 2 N–H and O–H groups in total. The highest BCUT2D eigenvalue weighted by Crippen LogP contribution is 2.29. The summed E-state index contributed by atoms with van der Waals surface area (Å²) in [6.07, 6.45) is 1.92. The molecule has 0 aliphatic rings. The van der Waals surface area contributed by atoms with Crippen molar-refractivity contribution in [3.8, 4) is 11.5 Å². The van der Waals surface area contributed by atoms with Crippen molar-refractivity contribution in [1.82, 2.24) is 0 Å². The molecular formula is C22H21ClN2O5S2. The van der Waals surface area contributed by atoms with E-state index in [-0.39, 0.29) is 28.2 Å². The van der Waals surface area contributed by atoms with E-state index in [1.54, 1.807) is 30.3 Å². The molecule has 32 heavy (non-hydrogen) atoms. The first-order valence-corrected chi connectivity index (χ1v) is 12.4. The van der Waals surface area contributed by atoms with Crippen LogP contribution >= 0.6 is 23.4 Å². The Kier molecular flexibility index (Phi) is 7.89. The number of ether oxygens (including phenoxy) is 2. The summed E-state index contributed by atoms with van der Waals surface area (Å²) in [7, 11) is -2.34. The second-order valence-corrected chi connectivity index (χ2v) is 9.40. The molecule has 10 heteroatoms. The number of anilines is 2. The van der Waals surface area contributed by atoms with E-state index in [1.807, 2.05) is 24.5 Å². The van der Waals surface area contributed by atoms with Crippen molar-refractivity contribution in [3.63, 3.8) is 0 Å². The van der Waals surface area contributed by atoms with Crippen LogP contribution in [0.1, 0.15) is 0 Å². The molecule has 0 heterocycles. The van der Waals surface area contributed by atoms with Gasteiger partial charge < -0.3 is 14.8 Å². The van der Waals surface area contributed by atoms with Crippen molar-refractivity contribution in [3.05, 3.63) is 71.8 Å². The van der Waals surface area contributed by atoms with Gasteiger partial charge in [0.15, 0.2) is 6.61 Å². The molecule has 168 valence electrons. The predicted octanol–water partition coefficient (Wildman–Crippen LogP) is 4.89. The average molecular weight is 493 g/mol. The molecule has 0 saturated carbocycles. The summed E-state index contributed by atoms with van der Waals surface area (Å²) >= 11 is 7.72. The second-order valence-electron chi connectivity index (χ2n) is 6.46. The third-order valence-corrected chi connectivity index (χ3v) is 6.77. The van der Waals surface area contributed by atoms with Gasteiger partial charge >= 0.3 is 0 Å². The van der Waals surface area contributed by atoms with Crippen molar-refractivity contribution in [2.24, 2.45) is 0 Å². The summed E-state index contributed by atoms with van der Waals surface area (Å²) in [5, 5.41) is 2.85. The van der Waals surface area contributed by atoms with Gasteiger partial charge in [0.1, 0.15) is 11.5 Å². The van der Waals surface area contributed by atoms with Gasteiger partial charge in [-0.05, 0) is 60.9 Å². The van der Waals surface area contributed by atoms with Gasteiger partial charge in [-0.25, -0.2) is 8.42 Å². The molecular weight excluding hydrogens is 472 g/mol. The van der Waals surface area contributed by atoms with Gasteiger partial charge in [-0.3, -0.25) is 9.52 Å². The third kappa shape index (κ3) is 6.09. The molecule has 0 spiro atoms. The van der Waals surface area contributed by atoms with Crippen LogP contribution in [-0.4, -0.2) is 34.3 Å². The Bertz CT molecular complexity index is 1200. The van der Waals surface area contributed by atoms with Gasteiger partial charge in [0, 0.05) is 10.6 Å². The molecule has 0 bridgehead atoms. The highest BCUT2D eigenvalue weighted by atomic mass is 35.5. The maximum absolute atomic E-state index is 12.6. The van der Waals surface area contributed by atoms with Crippen LogP contribution in [0.5, 0.6) is 11.5 Å². The lowest BCUT2D eigenvalue weighted by Crippen LogP contribution is -2.20. The van der Waals surface area contributed by atoms with Crippen LogP contribution in [0.2, 0.25) is 5.02 Å². The summed E-state index contributed by atoms with van der Waals surface area (Å²) in [6.45, 7) is -0.279. The molecule has 3 aromatic carbocycles. The maximum Gasteiger partial charge on any atom is 0.262 e. The normalized spacial score (nSPS) is 11.0. The molecule has 7 nitrogen and oxygen atoms in total. The molecule has 0 aliphatic carbocycles. The fourth-order valence-electron chi connectivity index (χ4n) is 2.72. The van der Waals surface area contributed by atoms with Gasteiger partial charge in [-0.1, -0.05) is 23.7 Å². The fraction of sp³-hybridized carbons (Fsp3) is 0.136. The van der Waals surface area contributed by atoms with Gasteiger partial charge in [-0.2, -0.15) is 0 Å². The van der Waals surface area contributed by atoms with E-state index in [9.17, 15) is 13.2 Å². The van der Waals surface area contributed by atoms with Crippen LogP contribution in [0, 0.1) is 0 Å². The fourth-order valence-corrected chi connectivity index (χ4v) is 4.65. The zero-order valence-electron chi connectivity index (χ0n) is 17.3. The summed E-state index contributed by atoms with van der Waals surface area (Å²) in [5.74, 6) is 0.447. The monoisotopic (exact) mass is 492 g/mol. The number of carbonyl (C=O) groups excluding carboxylic acids is 1. The van der Waals surface area contributed by atoms with Crippen LogP contribution in [0.25, 0.3) is 0 Å². The lowest BCUT2D eigenvalue weighted by atomic mass is 10.3. The number of nitrogens with one attached hydrogen (secondary N) is 2. The predicted molar refractivity (Wildman–Crippen MR) is 128 cm³/mol. The van der Waals surface area contributed by atoms with E-state index < -0.39 is 10.0 Å². The highest BCUT2D eigenvalue weighted by Gasteiger charge is 2.17. The number of para-hydroxylation sites is 1.